The average molecular weight is 433 g/mol. The normalized spacial score (nSPS) is 17.7. The monoisotopic (exact) mass is 433 g/mol. The number of fused-ring (bicyclic) bond motifs is 3. The van der Waals surface area contributed by atoms with Crippen LogP contribution in [-0.4, -0.2) is 60.1 Å². The molecule has 156 valence electrons. The Morgan fingerprint density at radius 1 is 1.16 bits per heavy atom. The van der Waals surface area contributed by atoms with Gasteiger partial charge in [0.25, 0.3) is 11.7 Å². The molecule has 31 heavy (non-hydrogen) atoms. The van der Waals surface area contributed by atoms with Crippen LogP contribution >= 0.6 is 11.3 Å². The van der Waals surface area contributed by atoms with Crippen molar-refractivity contribution < 1.29 is 9.53 Å². The van der Waals surface area contributed by atoms with E-state index in [0.717, 1.165) is 29.8 Å². The van der Waals surface area contributed by atoms with Crippen LogP contribution in [0.5, 0.6) is 0 Å². The first-order valence-corrected chi connectivity index (χ1v) is 11.0. The van der Waals surface area contributed by atoms with Gasteiger partial charge >= 0.3 is 0 Å². The van der Waals surface area contributed by atoms with Crippen molar-refractivity contribution in [1.29, 1.82) is 0 Å². The third kappa shape index (κ3) is 3.10. The fraction of sp³-hybridized carbons (Fsp3) is 0.333. The molecule has 0 N–H and O–H groups in total. The van der Waals surface area contributed by atoms with Crippen LogP contribution in [0.25, 0.3) is 16.3 Å². The molecule has 0 atom stereocenters. The number of carbonyl (C=O) groups excluding carboxylic acids is 1. The molecule has 0 bridgehead atoms. The molecule has 0 unspecified atom stereocenters. The van der Waals surface area contributed by atoms with E-state index in [1.807, 2.05) is 4.90 Å². The van der Waals surface area contributed by atoms with E-state index in [-0.39, 0.29) is 17.3 Å². The van der Waals surface area contributed by atoms with Gasteiger partial charge in [0.15, 0.2) is 0 Å². The number of piperidine rings is 1. The SMILES string of the molecule is O=C(c1nc2ncccn2n1)N1CCC2(CC1)OCCc1sc(-c3cnccn3)cc12. The fourth-order valence-corrected chi connectivity index (χ4v) is 5.61. The molecule has 4 aromatic heterocycles. The van der Waals surface area contributed by atoms with Gasteiger partial charge in [-0.15, -0.1) is 16.4 Å². The minimum absolute atomic E-state index is 0.165. The number of thiophene rings is 1. The minimum Gasteiger partial charge on any atom is -0.370 e. The van der Waals surface area contributed by atoms with Crippen molar-refractivity contribution in [3.8, 4) is 10.6 Å². The second-order valence-electron chi connectivity index (χ2n) is 7.72. The molecule has 2 aliphatic heterocycles. The maximum atomic E-state index is 13.0. The molecule has 1 fully saturated rings. The number of hydrogen-bond acceptors (Lipinski definition) is 8. The van der Waals surface area contributed by atoms with Crippen molar-refractivity contribution in [2.75, 3.05) is 19.7 Å². The molecule has 6 heterocycles. The predicted octanol–water partition coefficient (Wildman–Crippen LogP) is 2.35. The fourth-order valence-electron chi connectivity index (χ4n) is 4.42. The van der Waals surface area contributed by atoms with Crippen LogP contribution in [0.4, 0.5) is 0 Å². The Morgan fingerprint density at radius 2 is 2.06 bits per heavy atom. The molecule has 1 amide bonds. The molecule has 1 spiro atoms. The second kappa shape index (κ2) is 7.17. The third-order valence-electron chi connectivity index (χ3n) is 5.99. The van der Waals surface area contributed by atoms with Crippen molar-refractivity contribution in [2.45, 2.75) is 24.9 Å². The highest BCUT2D eigenvalue weighted by Gasteiger charge is 2.43. The quantitative estimate of drug-likeness (QED) is 0.478. The number of carbonyl (C=O) groups is 1. The summed E-state index contributed by atoms with van der Waals surface area (Å²) in [6.45, 7) is 1.89. The molecule has 0 saturated carbocycles. The Bertz CT molecular complexity index is 1230. The standard InChI is InChI=1S/C21H19N7O2S/c29-19(18-25-20-24-5-1-8-28(20)26-18)27-9-3-21(4-10-27)14-12-17(15-13-22-6-7-23-15)31-16(14)2-11-30-21/h1,5-8,12-13H,2-4,9-11H2. The summed E-state index contributed by atoms with van der Waals surface area (Å²) in [6.07, 6.45) is 11.0. The molecule has 0 aliphatic carbocycles. The van der Waals surface area contributed by atoms with Gasteiger partial charge in [-0.3, -0.25) is 14.8 Å². The first-order valence-electron chi connectivity index (χ1n) is 10.2. The Morgan fingerprint density at radius 3 is 2.87 bits per heavy atom. The van der Waals surface area contributed by atoms with E-state index in [9.17, 15) is 4.79 Å². The summed E-state index contributed by atoms with van der Waals surface area (Å²) in [7, 11) is 0. The maximum Gasteiger partial charge on any atom is 0.293 e. The highest BCUT2D eigenvalue weighted by atomic mass is 32.1. The summed E-state index contributed by atoms with van der Waals surface area (Å²) in [4.78, 5) is 34.3. The van der Waals surface area contributed by atoms with Crippen LogP contribution in [0.3, 0.4) is 0 Å². The topological polar surface area (TPSA) is 98.4 Å². The molecule has 4 aromatic rings. The van der Waals surface area contributed by atoms with E-state index in [4.69, 9.17) is 4.74 Å². The number of likely N-dealkylation sites (tertiary alicyclic amines) is 1. The van der Waals surface area contributed by atoms with Crippen LogP contribution in [-0.2, 0) is 16.8 Å². The Kier molecular flexibility index (Phi) is 4.29. The van der Waals surface area contributed by atoms with Crippen LogP contribution < -0.4 is 0 Å². The van der Waals surface area contributed by atoms with E-state index in [2.05, 4.69) is 31.1 Å². The Hall–Kier alpha value is -3.24. The van der Waals surface area contributed by atoms with Crippen LogP contribution in [0.1, 0.15) is 33.9 Å². The van der Waals surface area contributed by atoms with Gasteiger partial charge in [-0.05, 0) is 30.5 Å². The highest BCUT2D eigenvalue weighted by Crippen LogP contribution is 2.46. The number of aromatic nitrogens is 6. The lowest BCUT2D eigenvalue weighted by atomic mass is 9.82. The van der Waals surface area contributed by atoms with Crippen molar-refractivity contribution in [1.82, 2.24) is 34.4 Å². The van der Waals surface area contributed by atoms with Gasteiger partial charge < -0.3 is 9.64 Å². The summed E-state index contributed by atoms with van der Waals surface area (Å²) in [5.74, 6) is 0.441. The molecule has 9 nitrogen and oxygen atoms in total. The Labute approximate surface area is 181 Å². The molecular formula is C21H19N7O2S. The van der Waals surface area contributed by atoms with Gasteiger partial charge in [0.1, 0.15) is 0 Å². The average Bonchev–Trinajstić information content (AvgIpc) is 3.45. The number of amides is 1. The van der Waals surface area contributed by atoms with Crippen molar-refractivity contribution in [3.05, 3.63) is 59.4 Å². The first kappa shape index (κ1) is 18.5. The Balaban J connectivity index is 1.24. The molecule has 0 radical (unpaired) electrons. The summed E-state index contributed by atoms with van der Waals surface area (Å²) in [5.41, 5.74) is 1.78. The first-order chi connectivity index (χ1) is 15.2. The predicted molar refractivity (Wildman–Crippen MR) is 113 cm³/mol. The smallest absolute Gasteiger partial charge is 0.293 e. The van der Waals surface area contributed by atoms with E-state index in [1.54, 1.807) is 48.4 Å². The number of hydrogen-bond donors (Lipinski definition) is 0. The second-order valence-corrected chi connectivity index (χ2v) is 8.86. The van der Waals surface area contributed by atoms with Gasteiger partial charge in [0, 0.05) is 49.2 Å². The van der Waals surface area contributed by atoms with Crippen LogP contribution in [0.2, 0.25) is 0 Å². The van der Waals surface area contributed by atoms with Gasteiger partial charge in [0.05, 0.1) is 29.0 Å². The van der Waals surface area contributed by atoms with Crippen LogP contribution in [0, 0.1) is 0 Å². The molecule has 1 saturated heterocycles. The number of rotatable bonds is 2. The summed E-state index contributed by atoms with van der Waals surface area (Å²) >= 11 is 1.77. The van der Waals surface area contributed by atoms with Gasteiger partial charge in [-0.2, -0.15) is 4.98 Å². The maximum absolute atomic E-state index is 13.0. The number of nitrogens with zero attached hydrogens (tertiary/aromatic N) is 7. The zero-order chi connectivity index (χ0) is 20.8. The molecular weight excluding hydrogens is 414 g/mol. The van der Waals surface area contributed by atoms with Gasteiger partial charge in [0.2, 0.25) is 5.82 Å². The minimum atomic E-state index is -0.352. The third-order valence-corrected chi connectivity index (χ3v) is 7.21. The van der Waals surface area contributed by atoms with Crippen molar-refractivity contribution in [2.24, 2.45) is 0 Å². The van der Waals surface area contributed by atoms with Crippen molar-refractivity contribution >= 4 is 23.0 Å². The number of ether oxygens (including phenoxy) is 1. The highest BCUT2D eigenvalue weighted by molar-refractivity contribution is 7.15. The van der Waals surface area contributed by atoms with E-state index in [0.29, 0.717) is 25.5 Å². The zero-order valence-electron chi connectivity index (χ0n) is 16.6. The molecule has 0 aromatic carbocycles. The summed E-state index contributed by atoms with van der Waals surface area (Å²) in [5, 5.41) is 4.27. The largest absolute Gasteiger partial charge is 0.370 e. The van der Waals surface area contributed by atoms with Crippen LogP contribution in [0.15, 0.2) is 43.1 Å². The summed E-state index contributed by atoms with van der Waals surface area (Å²) in [6, 6.07) is 3.96. The van der Waals surface area contributed by atoms with E-state index < -0.39 is 0 Å². The zero-order valence-corrected chi connectivity index (χ0v) is 17.5. The van der Waals surface area contributed by atoms with Gasteiger partial charge in [-0.25, -0.2) is 9.50 Å². The van der Waals surface area contributed by atoms with Crippen molar-refractivity contribution in [3.63, 3.8) is 0 Å². The molecule has 2 aliphatic rings. The lowest BCUT2D eigenvalue weighted by Gasteiger charge is -2.43. The molecule has 10 heteroatoms. The summed E-state index contributed by atoms with van der Waals surface area (Å²) < 4.78 is 7.87. The lowest BCUT2D eigenvalue weighted by Crippen LogP contribution is -2.48. The lowest BCUT2D eigenvalue weighted by molar-refractivity contribution is -0.0927. The van der Waals surface area contributed by atoms with E-state index >= 15 is 0 Å². The van der Waals surface area contributed by atoms with Gasteiger partial charge in [-0.1, -0.05) is 0 Å². The van der Waals surface area contributed by atoms with E-state index in [1.165, 1.54) is 15.0 Å². The molecule has 6 rings (SSSR count).